The number of anilines is 1. The summed E-state index contributed by atoms with van der Waals surface area (Å²) in [5.41, 5.74) is 7.85. The number of hydrogen-bond acceptors (Lipinski definition) is 3. The zero-order chi connectivity index (χ0) is 13.2. The first-order valence-corrected chi connectivity index (χ1v) is 6.45. The summed E-state index contributed by atoms with van der Waals surface area (Å²) < 4.78 is 4.13. The maximum Gasteiger partial charge on any atom is 0.145 e. The molecule has 98 valence electrons. The third-order valence-electron chi connectivity index (χ3n) is 3.28. The molecule has 0 aliphatic rings. The number of hydrogen-bond donors (Lipinski definition) is 1. The number of imidazole rings is 1. The predicted octanol–water partition coefficient (Wildman–Crippen LogP) is 2.21. The fraction of sp³-hybridized carbons (Fsp3) is 0.286. The molecule has 0 aliphatic heterocycles. The van der Waals surface area contributed by atoms with Gasteiger partial charge in [0.15, 0.2) is 0 Å². The highest BCUT2D eigenvalue weighted by molar-refractivity contribution is 5.75. The lowest BCUT2D eigenvalue weighted by Gasteiger charge is -2.07. The molecule has 0 amide bonds. The van der Waals surface area contributed by atoms with Crippen molar-refractivity contribution in [1.82, 2.24) is 19.3 Å². The van der Waals surface area contributed by atoms with Crippen LogP contribution in [0, 0.1) is 6.92 Å². The van der Waals surface area contributed by atoms with E-state index < -0.39 is 0 Å². The Bertz CT molecular complexity index is 695. The molecule has 3 aromatic rings. The van der Waals surface area contributed by atoms with E-state index in [9.17, 15) is 0 Å². The third kappa shape index (κ3) is 2.31. The topological polar surface area (TPSA) is 61.7 Å². The molecule has 5 nitrogen and oxygen atoms in total. The number of aromatic nitrogens is 4. The van der Waals surface area contributed by atoms with Crippen molar-refractivity contribution in [2.75, 3.05) is 5.73 Å². The average Bonchev–Trinajstić information content (AvgIpc) is 2.94. The second kappa shape index (κ2) is 4.76. The van der Waals surface area contributed by atoms with E-state index in [1.165, 1.54) is 5.52 Å². The number of nitrogens with two attached hydrogens (primary N) is 1. The summed E-state index contributed by atoms with van der Waals surface area (Å²) >= 11 is 0. The number of para-hydroxylation sites is 2. The third-order valence-corrected chi connectivity index (χ3v) is 3.28. The van der Waals surface area contributed by atoms with Gasteiger partial charge >= 0.3 is 0 Å². The lowest BCUT2D eigenvalue weighted by molar-refractivity contribution is 0.528. The van der Waals surface area contributed by atoms with Crippen LogP contribution in [0.15, 0.2) is 36.5 Å². The van der Waals surface area contributed by atoms with Crippen LogP contribution in [-0.2, 0) is 13.1 Å². The van der Waals surface area contributed by atoms with Crippen LogP contribution >= 0.6 is 0 Å². The first-order chi connectivity index (χ1) is 9.24. The molecule has 0 bridgehead atoms. The Morgan fingerprint density at radius 1 is 1.16 bits per heavy atom. The summed E-state index contributed by atoms with van der Waals surface area (Å²) in [5, 5.41) is 4.18. The van der Waals surface area contributed by atoms with E-state index in [-0.39, 0.29) is 0 Å². The van der Waals surface area contributed by atoms with Crippen LogP contribution in [0.2, 0.25) is 0 Å². The lowest BCUT2D eigenvalue weighted by Crippen LogP contribution is -2.06. The number of rotatable bonds is 4. The molecule has 0 aliphatic carbocycles. The van der Waals surface area contributed by atoms with E-state index in [1.807, 2.05) is 42.1 Å². The molecule has 0 radical (unpaired) electrons. The number of benzene rings is 1. The first kappa shape index (κ1) is 11.8. The zero-order valence-electron chi connectivity index (χ0n) is 11.0. The standard InChI is InChI=1S/C14H17N5/c1-11-16-12-5-2-3-6-13(12)19(11)9-4-8-18-10-7-14(15)17-18/h2-3,5-7,10H,4,8-9H2,1H3,(H2,15,17). The van der Waals surface area contributed by atoms with Gasteiger partial charge in [0.2, 0.25) is 0 Å². The minimum absolute atomic E-state index is 0.573. The van der Waals surface area contributed by atoms with Gasteiger partial charge in [0.05, 0.1) is 11.0 Å². The van der Waals surface area contributed by atoms with Crippen LogP contribution in [0.3, 0.4) is 0 Å². The molecule has 19 heavy (non-hydrogen) atoms. The molecule has 0 saturated carbocycles. The molecule has 0 unspecified atom stereocenters. The van der Waals surface area contributed by atoms with Crippen molar-refractivity contribution in [3.05, 3.63) is 42.4 Å². The minimum atomic E-state index is 0.573. The van der Waals surface area contributed by atoms with Gasteiger partial charge in [-0.1, -0.05) is 12.1 Å². The Morgan fingerprint density at radius 2 is 2.00 bits per heavy atom. The van der Waals surface area contributed by atoms with Crippen LogP contribution in [0.25, 0.3) is 11.0 Å². The van der Waals surface area contributed by atoms with Gasteiger partial charge in [-0.2, -0.15) is 5.10 Å². The second-order valence-corrected chi connectivity index (χ2v) is 4.66. The Hall–Kier alpha value is -2.30. The zero-order valence-corrected chi connectivity index (χ0v) is 11.0. The summed E-state index contributed by atoms with van der Waals surface area (Å²) in [6.45, 7) is 3.85. The van der Waals surface area contributed by atoms with Gasteiger partial charge in [0, 0.05) is 19.3 Å². The van der Waals surface area contributed by atoms with Crippen molar-refractivity contribution in [2.24, 2.45) is 0 Å². The van der Waals surface area contributed by atoms with Crippen LogP contribution in [0.4, 0.5) is 5.82 Å². The summed E-state index contributed by atoms with van der Waals surface area (Å²) in [6, 6.07) is 10.0. The van der Waals surface area contributed by atoms with Crippen molar-refractivity contribution < 1.29 is 0 Å². The van der Waals surface area contributed by atoms with Crippen LogP contribution in [0.1, 0.15) is 12.2 Å². The van der Waals surface area contributed by atoms with Gasteiger partial charge in [-0.25, -0.2) is 4.98 Å². The fourth-order valence-electron chi connectivity index (χ4n) is 2.37. The van der Waals surface area contributed by atoms with Crippen LogP contribution < -0.4 is 5.73 Å². The largest absolute Gasteiger partial charge is 0.382 e. The number of fused-ring (bicyclic) bond motifs is 1. The molecule has 0 fully saturated rings. The summed E-state index contributed by atoms with van der Waals surface area (Å²) in [7, 11) is 0. The Balaban J connectivity index is 1.73. The first-order valence-electron chi connectivity index (χ1n) is 6.45. The van der Waals surface area contributed by atoms with Crippen LogP contribution in [-0.4, -0.2) is 19.3 Å². The minimum Gasteiger partial charge on any atom is -0.382 e. The van der Waals surface area contributed by atoms with Gasteiger partial charge in [-0.15, -0.1) is 0 Å². The molecule has 0 saturated heterocycles. The van der Waals surface area contributed by atoms with Gasteiger partial charge < -0.3 is 10.3 Å². The molecular formula is C14H17N5. The molecule has 5 heteroatoms. The molecule has 1 aromatic carbocycles. The molecule has 2 aromatic heterocycles. The average molecular weight is 255 g/mol. The normalized spacial score (nSPS) is 11.2. The maximum atomic E-state index is 5.60. The Morgan fingerprint density at radius 3 is 2.79 bits per heavy atom. The van der Waals surface area contributed by atoms with E-state index >= 15 is 0 Å². The van der Waals surface area contributed by atoms with Gasteiger partial charge in [-0.05, 0) is 31.5 Å². The molecule has 0 atom stereocenters. The number of nitrogens with zero attached hydrogens (tertiary/aromatic N) is 4. The van der Waals surface area contributed by atoms with Crippen molar-refractivity contribution in [2.45, 2.75) is 26.4 Å². The highest BCUT2D eigenvalue weighted by atomic mass is 15.3. The number of nitrogen functional groups attached to an aromatic ring is 1. The lowest BCUT2D eigenvalue weighted by atomic mass is 10.3. The van der Waals surface area contributed by atoms with Gasteiger partial charge in [-0.3, -0.25) is 4.68 Å². The molecule has 3 rings (SSSR count). The van der Waals surface area contributed by atoms with Gasteiger partial charge in [0.25, 0.3) is 0 Å². The van der Waals surface area contributed by atoms with Crippen molar-refractivity contribution in [3.63, 3.8) is 0 Å². The van der Waals surface area contributed by atoms with E-state index in [2.05, 4.69) is 20.7 Å². The van der Waals surface area contributed by atoms with Crippen LogP contribution in [0.5, 0.6) is 0 Å². The molecular weight excluding hydrogens is 238 g/mol. The molecule has 2 N–H and O–H groups in total. The van der Waals surface area contributed by atoms with E-state index in [4.69, 9.17) is 5.73 Å². The predicted molar refractivity (Wildman–Crippen MR) is 75.7 cm³/mol. The monoisotopic (exact) mass is 255 g/mol. The molecule has 2 heterocycles. The summed E-state index contributed by atoms with van der Waals surface area (Å²) in [6.07, 6.45) is 2.91. The quantitative estimate of drug-likeness (QED) is 0.777. The van der Waals surface area contributed by atoms with Crippen molar-refractivity contribution in [1.29, 1.82) is 0 Å². The molecule has 0 spiro atoms. The Kier molecular flexibility index (Phi) is 2.95. The highest BCUT2D eigenvalue weighted by Gasteiger charge is 2.06. The van der Waals surface area contributed by atoms with E-state index in [0.717, 1.165) is 30.9 Å². The summed E-state index contributed by atoms with van der Waals surface area (Å²) in [5.74, 6) is 1.63. The smallest absolute Gasteiger partial charge is 0.145 e. The SMILES string of the molecule is Cc1nc2ccccc2n1CCCn1ccc(N)n1. The van der Waals surface area contributed by atoms with Crippen molar-refractivity contribution in [3.8, 4) is 0 Å². The maximum absolute atomic E-state index is 5.60. The Labute approximate surface area is 111 Å². The van der Waals surface area contributed by atoms with E-state index in [0.29, 0.717) is 5.82 Å². The second-order valence-electron chi connectivity index (χ2n) is 4.66. The highest BCUT2D eigenvalue weighted by Crippen LogP contribution is 2.15. The fourth-order valence-corrected chi connectivity index (χ4v) is 2.37. The van der Waals surface area contributed by atoms with Crippen molar-refractivity contribution >= 4 is 16.9 Å². The summed E-state index contributed by atoms with van der Waals surface area (Å²) in [4.78, 5) is 4.56. The van der Waals surface area contributed by atoms with E-state index in [1.54, 1.807) is 0 Å². The van der Waals surface area contributed by atoms with Gasteiger partial charge in [0.1, 0.15) is 11.6 Å². The number of aryl methyl sites for hydroxylation is 3.